The zero-order valence-corrected chi connectivity index (χ0v) is 20.7. The third kappa shape index (κ3) is 3.73. The SMILES string of the molecule is Cc1cc(-c2[nH]c3ccc(C4CCC(NC5(C)COC5)CC4)cc3c2C(C)C)cn2ncnc12. The topological polar surface area (TPSA) is 67.2 Å². The Labute approximate surface area is 201 Å². The summed E-state index contributed by atoms with van der Waals surface area (Å²) >= 11 is 0. The van der Waals surface area contributed by atoms with Crippen molar-refractivity contribution < 1.29 is 4.74 Å². The lowest BCUT2D eigenvalue weighted by Gasteiger charge is -2.43. The van der Waals surface area contributed by atoms with Gasteiger partial charge in [0.15, 0.2) is 5.65 Å². The minimum atomic E-state index is 0.192. The van der Waals surface area contributed by atoms with E-state index in [1.807, 2.05) is 4.52 Å². The molecule has 3 aromatic heterocycles. The minimum Gasteiger partial charge on any atom is -0.377 e. The maximum Gasteiger partial charge on any atom is 0.158 e. The first-order valence-electron chi connectivity index (χ1n) is 12.7. The van der Waals surface area contributed by atoms with Crippen molar-refractivity contribution in [1.29, 1.82) is 0 Å². The van der Waals surface area contributed by atoms with E-state index >= 15 is 0 Å². The summed E-state index contributed by atoms with van der Waals surface area (Å²) in [5, 5.41) is 9.60. The van der Waals surface area contributed by atoms with Crippen molar-refractivity contribution in [3.63, 3.8) is 0 Å². The lowest BCUT2D eigenvalue weighted by molar-refractivity contribution is -0.0712. The van der Waals surface area contributed by atoms with Crippen molar-refractivity contribution in [2.24, 2.45) is 0 Å². The molecular weight excluding hydrogens is 422 g/mol. The van der Waals surface area contributed by atoms with Gasteiger partial charge in [0.25, 0.3) is 0 Å². The van der Waals surface area contributed by atoms with Gasteiger partial charge in [-0.1, -0.05) is 19.9 Å². The van der Waals surface area contributed by atoms with E-state index in [2.05, 4.69) is 78.5 Å². The minimum absolute atomic E-state index is 0.192. The molecule has 6 nitrogen and oxygen atoms in total. The summed E-state index contributed by atoms with van der Waals surface area (Å²) in [5.74, 6) is 1.05. The molecule has 0 spiro atoms. The fraction of sp³-hybridized carbons (Fsp3) is 0.500. The number of hydrogen-bond donors (Lipinski definition) is 2. The quantitative estimate of drug-likeness (QED) is 0.403. The molecule has 34 heavy (non-hydrogen) atoms. The van der Waals surface area contributed by atoms with E-state index in [4.69, 9.17) is 4.74 Å². The van der Waals surface area contributed by atoms with Crippen molar-refractivity contribution in [2.45, 2.75) is 76.8 Å². The molecule has 1 aliphatic heterocycles. The smallest absolute Gasteiger partial charge is 0.158 e. The Balaban J connectivity index is 1.31. The summed E-state index contributed by atoms with van der Waals surface area (Å²) in [5.41, 5.74) is 8.70. The van der Waals surface area contributed by atoms with Gasteiger partial charge < -0.3 is 15.0 Å². The van der Waals surface area contributed by atoms with Gasteiger partial charge in [0, 0.05) is 28.7 Å². The van der Waals surface area contributed by atoms with Gasteiger partial charge in [0.1, 0.15) is 6.33 Å². The number of rotatable bonds is 5. The van der Waals surface area contributed by atoms with Gasteiger partial charge in [-0.15, -0.1) is 0 Å². The first kappa shape index (κ1) is 21.8. The van der Waals surface area contributed by atoms with E-state index in [0.29, 0.717) is 17.9 Å². The van der Waals surface area contributed by atoms with Crippen LogP contribution in [0.5, 0.6) is 0 Å². The summed E-state index contributed by atoms with van der Waals surface area (Å²) in [7, 11) is 0. The highest BCUT2D eigenvalue weighted by Crippen LogP contribution is 2.40. The van der Waals surface area contributed by atoms with Crippen LogP contribution in [0.1, 0.15) is 75.0 Å². The summed E-state index contributed by atoms with van der Waals surface area (Å²) < 4.78 is 7.31. The molecule has 1 saturated carbocycles. The summed E-state index contributed by atoms with van der Waals surface area (Å²) in [6.45, 7) is 10.7. The van der Waals surface area contributed by atoms with Crippen molar-refractivity contribution in [2.75, 3.05) is 13.2 Å². The molecule has 0 bridgehead atoms. The van der Waals surface area contributed by atoms with Gasteiger partial charge in [0.2, 0.25) is 0 Å². The Morgan fingerprint density at radius 3 is 2.65 bits per heavy atom. The van der Waals surface area contributed by atoms with E-state index in [9.17, 15) is 0 Å². The molecule has 2 N–H and O–H groups in total. The molecule has 0 radical (unpaired) electrons. The lowest BCUT2D eigenvalue weighted by atomic mass is 9.80. The number of aromatic nitrogens is 4. The zero-order valence-electron chi connectivity index (χ0n) is 20.7. The summed E-state index contributed by atoms with van der Waals surface area (Å²) in [6.07, 6.45) is 8.69. The molecule has 1 saturated heterocycles. The first-order chi connectivity index (χ1) is 16.4. The summed E-state index contributed by atoms with van der Waals surface area (Å²) in [6, 6.07) is 9.94. The highest BCUT2D eigenvalue weighted by atomic mass is 16.5. The molecule has 6 rings (SSSR count). The number of ether oxygens (including phenoxy) is 1. The van der Waals surface area contributed by atoms with E-state index in [-0.39, 0.29) is 5.54 Å². The van der Waals surface area contributed by atoms with E-state index < -0.39 is 0 Å². The number of aromatic amines is 1. The Bertz CT molecular complexity index is 1340. The van der Waals surface area contributed by atoms with Crippen LogP contribution in [0.3, 0.4) is 0 Å². The van der Waals surface area contributed by atoms with Gasteiger partial charge in [-0.25, -0.2) is 9.50 Å². The molecule has 1 aliphatic carbocycles. The molecule has 2 fully saturated rings. The van der Waals surface area contributed by atoms with Gasteiger partial charge >= 0.3 is 0 Å². The van der Waals surface area contributed by atoms with Gasteiger partial charge in [-0.3, -0.25) is 0 Å². The molecular formula is C28H35N5O. The zero-order chi connectivity index (χ0) is 23.4. The van der Waals surface area contributed by atoms with Gasteiger partial charge in [0.05, 0.1) is 24.4 Å². The molecule has 2 aliphatic rings. The summed E-state index contributed by atoms with van der Waals surface area (Å²) in [4.78, 5) is 8.12. The Morgan fingerprint density at radius 1 is 1.15 bits per heavy atom. The first-order valence-corrected chi connectivity index (χ1v) is 12.7. The van der Waals surface area contributed by atoms with Crippen LogP contribution in [0, 0.1) is 6.92 Å². The van der Waals surface area contributed by atoms with E-state index in [1.165, 1.54) is 53.4 Å². The normalized spacial score (nSPS) is 22.5. The maximum absolute atomic E-state index is 5.43. The van der Waals surface area contributed by atoms with Gasteiger partial charge in [-0.05, 0) is 86.3 Å². The monoisotopic (exact) mass is 457 g/mol. The largest absolute Gasteiger partial charge is 0.377 e. The Kier molecular flexibility index (Phi) is 5.26. The van der Waals surface area contributed by atoms with Crippen LogP contribution in [0.4, 0.5) is 0 Å². The predicted molar refractivity (Wildman–Crippen MR) is 136 cm³/mol. The molecule has 1 aromatic carbocycles. The fourth-order valence-corrected chi connectivity index (χ4v) is 6.10. The van der Waals surface area contributed by atoms with Crippen LogP contribution >= 0.6 is 0 Å². The van der Waals surface area contributed by atoms with Crippen LogP contribution in [-0.4, -0.2) is 44.4 Å². The molecule has 6 heteroatoms. The van der Waals surface area contributed by atoms with Crippen LogP contribution in [0.2, 0.25) is 0 Å². The lowest BCUT2D eigenvalue weighted by Crippen LogP contribution is -2.61. The second-order valence-corrected chi connectivity index (χ2v) is 11.1. The van der Waals surface area contributed by atoms with Crippen molar-refractivity contribution in [1.82, 2.24) is 24.9 Å². The molecule has 4 aromatic rings. The van der Waals surface area contributed by atoms with Crippen LogP contribution in [-0.2, 0) is 4.74 Å². The average Bonchev–Trinajstić information content (AvgIpc) is 3.43. The standard InChI is InChI=1S/C28H35N5O/c1-17(2)25-23-12-20(19-5-8-22(9-6-19)32-28(4)14-34-15-28)7-10-24(23)31-26(25)21-11-18(3)27-29-16-30-33(27)13-21/h7,10-13,16-17,19,22,31-32H,5-6,8-9,14-15H2,1-4H3. The van der Waals surface area contributed by atoms with Crippen LogP contribution in [0.25, 0.3) is 27.8 Å². The third-order valence-electron chi connectivity index (χ3n) is 7.88. The number of benzene rings is 1. The van der Waals surface area contributed by atoms with Crippen molar-refractivity contribution in [3.05, 3.63) is 53.5 Å². The number of nitrogens with zero attached hydrogens (tertiary/aromatic N) is 3. The second kappa shape index (κ2) is 8.21. The molecule has 0 unspecified atom stereocenters. The van der Waals surface area contributed by atoms with Gasteiger partial charge in [-0.2, -0.15) is 5.10 Å². The average molecular weight is 458 g/mol. The third-order valence-corrected chi connectivity index (χ3v) is 7.88. The molecule has 4 heterocycles. The Hall–Kier alpha value is -2.70. The Morgan fingerprint density at radius 2 is 1.94 bits per heavy atom. The van der Waals surface area contributed by atoms with Crippen LogP contribution < -0.4 is 5.32 Å². The molecule has 0 amide bonds. The molecule has 0 atom stereocenters. The second-order valence-electron chi connectivity index (χ2n) is 11.1. The number of hydrogen-bond acceptors (Lipinski definition) is 4. The van der Waals surface area contributed by atoms with Crippen molar-refractivity contribution >= 4 is 16.6 Å². The van der Waals surface area contributed by atoms with Crippen molar-refractivity contribution in [3.8, 4) is 11.3 Å². The number of fused-ring (bicyclic) bond motifs is 2. The maximum atomic E-state index is 5.43. The van der Waals surface area contributed by atoms with Crippen LogP contribution in [0.15, 0.2) is 36.8 Å². The van der Waals surface area contributed by atoms with E-state index in [0.717, 1.165) is 30.0 Å². The highest BCUT2D eigenvalue weighted by Gasteiger charge is 2.36. The number of nitrogens with one attached hydrogen (secondary N) is 2. The number of pyridine rings is 1. The predicted octanol–water partition coefficient (Wildman–Crippen LogP) is 5.71. The van der Waals surface area contributed by atoms with E-state index in [1.54, 1.807) is 6.33 Å². The molecule has 178 valence electrons. The highest BCUT2D eigenvalue weighted by molar-refractivity contribution is 5.92. The number of aryl methyl sites for hydroxylation is 1. The fourth-order valence-electron chi connectivity index (χ4n) is 6.10. The number of H-pyrrole nitrogens is 1.